The summed E-state index contributed by atoms with van der Waals surface area (Å²) < 4.78 is 28.3. The molecule has 0 spiro atoms. The van der Waals surface area contributed by atoms with Gasteiger partial charge in [0.15, 0.2) is 6.29 Å². The van der Waals surface area contributed by atoms with Gasteiger partial charge < -0.3 is 59.4 Å². The molecule has 0 bridgehead atoms. The van der Waals surface area contributed by atoms with Gasteiger partial charge in [0.1, 0.15) is 55.6 Å². The number of esters is 1. The first-order valence-corrected chi connectivity index (χ1v) is 16.6. The molecule has 15 heteroatoms. The third-order valence-electron chi connectivity index (χ3n) is 8.99. The smallest absolute Gasteiger partial charge is 0.339 e. The third-order valence-corrected chi connectivity index (χ3v) is 8.99. The van der Waals surface area contributed by atoms with Gasteiger partial charge >= 0.3 is 5.97 Å². The summed E-state index contributed by atoms with van der Waals surface area (Å²) >= 11 is 0. The molecule has 2 fully saturated rings. The molecule has 5 rings (SSSR count). The lowest BCUT2D eigenvalue weighted by Gasteiger charge is -2.39. The molecule has 2 amide bonds. The van der Waals surface area contributed by atoms with E-state index in [1.54, 1.807) is 42.5 Å². The number of aliphatic hydroxyl groups excluding tert-OH is 5. The highest BCUT2D eigenvalue weighted by atomic mass is 16.7. The zero-order chi connectivity index (χ0) is 36.5. The Morgan fingerprint density at radius 1 is 1.00 bits per heavy atom. The number of carbonyl (C=O) groups excluding carboxylic acids is 3. The molecule has 51 heavy (non-hydrogen) atoms. The van der Waals surface area contributed by atoms with Crippen molar-refractivity contribution in [1.82, 2.24) is 10.2 Å². The lowest BCUT2D eigenvalue weighted by molar-refractivity contribution is -0.298. The Morgan fingerprint density at radius 3 is 2.49 bits per heavy atom. The maximum Gasteiger partial charge on any atom is 0.339 e. The number of likely N-dealkylation sites (N-methyl/N-ethyl adjacent to an activating group) is 1. The molecule has 2 aromatic carbocycles. The molecule has 0 unspecified atom stereocenters. The lowest BCUT2D eigenvalue weighted by Crippen LogP contribution is -2.59. The Labute approximate surface area is 294 Å². The van der Waals surface area contributed by atoms with E-state index in [4.69, 9.17) is 23.7 Å². The molecule has 2 saturated heterocycles. The minimum absolute atomic E-state index is 0.000694. The number of hydrogen-bond acceptors (Lipinski definition) is 13. The Morgan fingerprint density at radius 2 is 1.75 bits per heavy atom. The average Bonchev–Trinajstić information content (AvgIpc) is 3.64. The number of amides is 2. The number of nitrogens with zero attached hydrogens (tertiary/aromatic N) is 1. The predicted molar refractivity (Wildman–Crippen MR) is 179 cm³/mol. The summed E-state index contributed by atoms with van der Waals surface area (Å²) in [7, 11) is 1.53. The summed E-state index contributed by atoms with van der Waals surface area (Å²) in [6.07, 6.45) is -4.29. The van der Waals surface area contributed by atoms with E-state index in [0.29, 0.717) is 5.56 Å². The fourth-order valence-corrected chi connectivity index (χ4v) is 6.18. The van der Waals surface area contributed by atoms with Gasteiger partial charge in [0, 0.05) is 32.0 Å². The standard InChI is InChI=1S/C36H44N2O13/c1-38(25(33(44)37-13-14-39)16-21-8-3-2-4-9-21)34(45)23-17-26-32(49-20-48-26)27(18-23)50-35(46)24-12-6-5-10-22(24)11-7-15-47-36-31(43)30(42)29(41)28(19-40)51-36/h2-12,17,25-32,36,39-43H,13-16,18-20H2,1H3,(H,37,44)/t25-,26-,27-,28-,29+,30+,31-,32-,36+/m1/s1. The van der Waals surface area contributed by atoms with E-state index < -0.39 is 79.5 Å². The topological polar surface area (TPSA) is 214 Å². The van der Waals surface area contributed by atoms with Crippen molar-refractivity contribution in [3.63, 3.8) is 0 Å². The molecule has 0 saturated carbocycles. The monoisotopic (exact) mass is 712 g/mol. The van der Waals surface area contributed by atoms with E-state index in [2.05, 4.69) is 5.32 Å². The third kappa shape index (κ3) is 9.26. The van der Waals surface area contributed by atoms with Crippen LogP contribution in [0.25, 0.3) is 6.08 Å². The van der Waals surface area contributed by atoms with Crippen molar-refractivity contribution in [2.24, 2.45) is 0 Å². The molecule has 9 atom stereocenters. The van der Waals surface area contributed by atoms with Crippen molar-refractivity contribution in [2.75, 3.05) is 40.2 Å². The lowest BCUT2D eigenvalue weighted by atomic mass is 9.90. The van der Waals surface area contributed by atoms with E-state index in [1.807, 2.05) is 30.3 Å². The first kappa shape index (κ1) is 38.2. The van der Waals surface area contributed by atoms with Crippen molar-refractivity contribution in [3.05, 3.63) is 89.0 Å². The number of nitrogens with one attached hydrogen (secondary N) is 1. The van der Waals surface area contributed by atoms with Crippen LogP contribution < -0.4 is 5.32 Å². The molecule has 6 N–H and O–H groups in total. The van der Waals surface area contributed by atoms with Crippen LogP contribution in [-0.4, -0.2) is 143 Å². The van der Waals surface area contributed by atoms with Crippen molar-refractivity contribution < 1.29 is 63.6 Å². The quantitative estimate of drug-likeness (QED) is 0.134. The largest absolute Gasteiger partial charge is 0.456 e. The maximum atomic E-state index is 13.9. The van der Waals surface area contributed by atoms with Gasteiger partial charge in [-0.15, -0.1) is 0 Å². The molecule has 2 aliphatic heterocycles. The molecule has 0 aromatic heterocycles. The molecular weight excluding hydrogens is 668 g/mol. The minimum atomic E-state index is -1.58. The average molecular weight is 713 g/mol. The molecule has 2 aromatic rings. The predicted octanol–water partition coefficient (Wildman–Crippen LogP) is -0.708. The first-order chi connectivity index (χ1) is 24.6. The Kier molecular flexibility index (Phi) is 13.4. The second-order valence-electron chi connectivity index (χ2n) is 12.4. The molecule has 1 aliphatic carbocycles. The summed E-state index contributed by atoms with van der Waals surface area (Å²) in [5.74, 6) is -1.56. The first-order valence-electron chi connectivity index (χ1n) is 16.6. The second kappa shape index (κ2) is 17.9. The van der Waals surface area contributed by atoms with Gasteiger partial charge in [0.05, 0.1) is 25.4 Å². The zero-order valence-corrected chi connectivity index (χ0v) is 28.0. The van der Waals surface area contributed by atoms with Crippen LogP contribution in [0.5, 0.6) is 0 Å². The maximum absolute atomic E-state index is 13.9. The summed E-state index contributed by atoms with van der Waals surface area (Å²) in [6.45, 7) is -0.990. The second-order valence-corrected chi connectivity index (χ2v) is 12.4. The fraction of sp³-hybridized carbons (Fsp3) is 0.472. The molecule has 15 nitrogen and oxygen atoms in total. The van der Waals surface area contributed by atoms with Crippen LogP contribution in [0.2, 0.25) is 0 Å². The van der Waals surface area contributed by atoms with Crippen LogP contribution in [0.4, 0.5) is 0 Å². The summed E-state index contributed by atoms with van der Waals surface area (Å²) in [4.78, 5) is 42.0. The number of hydrogen-bond donors (Lipinski definition) is 6. The van der Waals surface area contributed by atoms with Crippen LogP contribution in [0.15, 0.2) is 72.3 Å². The van der Waals surface area contributed by atoms with E-state index in [-0.39, 0.29) is 50.5 Å². The van der Waals surface area contributed by atoms with E-state index in [9.17, 15) is 39.9 Å². The van der Waals surface area contributed by atoms with Crippen molar-refractivity contribution in [3.8, 4) is 0 Å². The highest BCUT2D eigenvalue weighted by Crippen LogP contribution is 2.32. The number of rotatable bonds is 14. The van der Waals surface area contributed by atoms with E-state index in [1.165, 1.54) is 11.9 Å². The van der Waals surface area contributed by atoms with Crippen LogP contribution >= 0.6 is 0 Å². The van der Waals surface area contributed by atoms with Crippen LogP contribution in [0.3, 0.4) is 0 Å². The van der Waals surface area contributed by atoms with Gasteiger partial charge in [-0.2, -0.15) is 0 Å². The number of carbonyl (C=O) groups is 3. The number of aliphatic hydroxyl groups is 5. The molecular formula is C36H44N2O13. The Bertz CT molecular complexity index is 1550. The summed E-state index contributed by atoms with van der Waals surface area (Å²) in [5, 5.41) is 51.4. The highest BCUT2D eigenvalue weighted by molar-refractivity contribution is 5.97. The van der Waals surface area contributed by atoms with Gasteiger partial charge in [-0.05, 0) is 23.3 Å². The Balaban J connectivity index is 1.26. The fourth-order valence-electron chi connectivity index (χ4n) is 6.18. The zero-order valence-electron chi connectivity index (χ0n) is 28.0. The number of benzene rings is 2. The minimum Gasteiger partial charge on any atom is -0.456 e. The van der Waals surface area contributed by atoms with E-state index in [0.717, 1.165) is 5.56 Å². The normalized spacial score (nSPS) is 28.1. The number of fused-ring (bicyclic) bond motifs is 1. The SMILES string of the molecule is CN(C(=O)C1=C[C@H]2OCO[C@H]2[C@H](OC(=O)c2ccccc2C=CCO[C@H]2O[C@H](CO)[C@H](O)[C@H](O)[C@H]2O)C1)[C@H](Cc1ccccc1)C(=O)NCCO. The van der Waals surface area contributed by atoms with Gasteiger partial charge in [0.2, 0.25) is 11.8 Å². The molecule has 3 aliphatic rings. The van der Waals surface area contributed by atoms with Gasteiger partial charge in [-0.3, -0.25) is 9.59 Å². The number of ether oxygens (including phenoxy) is 5. The molecule has 276 valence electrons. The van der Waals surface area contributed by atoms with E-state index >= 15 is 0 Å². The van der Waals surface area contributed by atoms with Crippen molar-refractivity contribution in [2.45, 2.75) is 67.9 Å². The van der Waals surface area contributed by atoms with Crippen LogP contribution in [-0.2, 0) is 39.7 Å². The summed E-state index contributed by atoms with van der Waals surface area (Å²) in [5.41, 5.74) is 1.81. The van der Waals surface area contributed by atoms with Gasteiger partial charge in [0.25, 0.3) is 0 Å². The van der Waals surface area contributed by atoms with Crippen molar-refractivity contribution in [1.29, 1.82) is 0 Å². The molecule has 2 heterocycles. The molecule has 0 radical (unpaired) electrons. The van der Waals surface area contributed by atoms with Crippen LogP contribution in [0.1, 0.15) is 27.9 Å². The summed E-state index contributed by atoms with van der Waals surface area (Å²) in [6, 6.07) is 15.0. The van der Waals surface area contributed by atoms with Crippen LogP contribution in [0, 0.1) is 0 Å². The van der Waals surface area contributed by atoms with Gasteiger partial charge in [-0.1, -0.05) is 60.7 Å². The highest BCUT2D eigenvalue weighted by Gasteiger charge is 2.45. The van der Waals surface area contributed by atoms with Gasteiger partial charge in [-0.25, -0.2) is 4.79 Å². The van der Waals surface area contributed by atoms with Crippen molar-refractivity contribution >= 4 is 23.9 Å². The Hall–Kier alpha value is -4.03.